The molecule has 18 heavy (non-hydrogen) atoms. The van der Waals surface area contributed by atoms with E-state index in [9.17, 15) is 9.59 Å². The van der Waals surface area contributed by atoms with Crippen molar-refractivity contribution in [3.63, 3.8) is 0 Å². The molecule has 0 spiro atoms. The van der Waals surface area contributed by atoms with Gasteiger partial charge in [-0.25, -0.2) is 4.98 Å². The van der Waals surface area contributed by atoms with E-state index < -0.39 is 5.91 Å². The van der Waals surface area contributed by atoms with Crippen LogP contribution in [-0.4, -0.2) is 29.9 Å². The number of amides is 2. The average Bonchev–Trinajstić information content (AvgIpc) is 2.33. The highest BCUT2D eigenvalue weighted by Crippen LogP contribution is 1.99. The monoisotopic (exact) mass is 250 g/mol. The molecule has 0 fully saturated rings. The van der Waals surface area contributed by atoms with Gasteiger partial charge in [0.1, 0.15) is 11.5 Å². The molecule has 0 saturated heterocycles. The molecule has 1 aromatic rings. The molecular weight excluding hydrogens is 232 g/mol. The second kappa shape index (κ2) is 6.58. The van der Waals surface area contributed by atoms with Gasteiger partial charge in [-0.2, -0.15) is 0 Å². The predicted octanol–water partition coefficient (Wildman–Crippen LogP) is 0.166. The van der Waals surface area contributed by atoms with Gasteiger partial charge >= 0.3 is 0 Å². The molecule has 0 bridgehead atoms. The van der Waals surface area contributed by atoms with Gasteiger partial charge in [-0.1, -0.05) is 19.9 Å². The van der Waals surface area contributed by atoms with Gasteiger partial charge in [0, 0.05) is 6.54 Å². The third kappa shape index (κ3) is 4.82. The number of pyridine rings is 1. The lowest BCUT2D eigenvalue weighted by molar-refractivity contribution is -0.120. The molecular formula is C12H18N4O2. The van der Waals surface area contributed by atoms with Crippen molar-refractivity contribution < 1.29 is 9.59 Å². The van der Waals surface area contributed by atoms with E-state index in [2.05, 4.69) is 15.6 Å². The van der Waals surface area contributed by atoms with Gasteiger partial charge in [0.05, 0.1) is 6.54 Å². The van der Waals surface area contributed by atoms with E-state index in [1.165, 1.54) is 6.07 Å². The first kappa shape index (κ1) is 14.0. The number of anilines is 1. The second-order valence-corrected chi connectivity index (χ2v) is 4.33. The highest BCUT2D eigenvalue weighted by Gasteiger charge is 2.09. The van der Waals surface area contributed by atoms with Crippen LogP contribution in [0.1, 0.15) is 24.3 Å². The van der Waals surface area contributed by atoms with E-state index >= 15 is 0 Å². The summed E-state index contributed by atoms with van der Waals surface area (Å²) in [6, 6.07) is 4.76. The van der Waals surface area contributed by atoms with Gasteiger partial charge in [0.15, 0.2) is 0 Å². The zero-order valence-corrected chi connectivity index (χ0v) is 10.6. The molecule has 0 atom stereocenters. The van der Waals surface area contributed by atoms with E-state index in [-0.39, 0.29) is 24.0 Å². The summed E-state index contributed by atoms with van der Waals surface area (Å²) >= 11 is 0. The number of nitrogens with one attached hydrogen (secondary N) is 2. The Labute approximate surface area is 106 Å². The lowest BCUT2D eigenvalue weighted by Gasteiger charge is -2.08. The molecule has 0 aliphatic carbocycles. The number of carbonyl (C=O) groups excluding carboxylic acids is 2. The molecule has 0 saturated carbocycles. The van der Waals surface area contributed by atoms with Crippen LogP contribution in [0.5, 0.6) is 0 Å². The Hall–Kier alpha value is -2.11. The minimum absolute atomic E-state index is 0.0674. The van der Waals surface area contributed by atoms with Crippen LogP contribution in [0.4, 0.5) is 5.82 Å². The Bertz CT molecular complexity index is 432. The fourth-order valence-corrected chi connectivity index (χ4v) is 1.21. The molecule has 0 radical (unpaired) electrons. The van der Waals surface area contributed by atoms with Crippen molar-refractivity contribution in [1.29, 1.82) is 0 Å². The topological polar surface area (TPSA) is 97.1 Å². The summed E-state index contributed by atoms with van der Waals surface area (Å²) in [5, 5.41) is 5.18. The van der Waals surface area contributed by atoms with Crippen molar-refractivity contribution >= 4 is 17.6 Å². The lowest BCUT2D eigenvalue weighted by Crippen LogP contribution is -2.38. The zero-order chi connectivity index (χ0) is 13.5. The molecule has 6 heteroatoms. The average molecular weight is 250 g/mol. The predicted molar refractivity (Wildman–Crippen MR) is 68.8 cm³/mol. The zero-order valence-electron chi connectivity index (χ0n) is 10.6. The molecule has 1 aromatic heterocycles. The number of rotatable bonds is 5. The van der Waals surface area contributed by atoms with E-state index in [1.807, 2.05) is 13.8 Å². The van der Waals surface area contributed by atoms with E-state index in [4.69, 9.17) is 5.73 Å². The molecule has 0 aromatic carbocycles. The van der Waals surface area contributed by atoms with Crippen molar-refractivity contribution in [1.82, 2.24) is 15.6 Å². The van der Waals surface area contributed by atoms with Gasteiger partial charge < -0.3 is 16.4 Å². The van der Waals surface area contributed by atoms with Gasteiger partial charge in [0.2, 0.25) is 5.91 Å². The van der Waals surface area contributed by atoms with Crippen molar-refractivity contribution in [3.8, 4) is 0 Å². The maximum Gasteiger partial charge on any atom is 0.270 e. The third-order valence-electron chi connectivity index (χ3n) is 2.12. The van der Waals surface area contributed by atoms with E-state index in [0.29, 0.717) is 12.5 Å². The van der Waals surface area contributed by atoms with Crippen LogP contribution < -0.4 is 16.4 Å². The molecule has 98 valence electrons. The van der Waals surface area contributed by atoms with Crippen LogP contribution >= 0.6 is 0 Å². The summed E-state index contributed by atoms with van der Waals surface area (Å²) in [6.45, 7) is 4.51. The molecule has 6 nitrogen and oxygen atoms in total. The molecule has 1 rings (SSSR count). The summed E-state index contributed by atoms with van der Waals surface area (Å²) < 4.78 is 0. The Morgan fingerprint density at radius 3 is 2.67 bits per heavy atom. The molecule has 0 aliphatic rings. The summed E-state index contributed by atoms with van der Waals surface area (Å²) in [5.41, 5.74) is 5.66. The largest absolute Gasteiger partial charge is 0.384 e. The van der Waals surface area contributed by atoms with Crippen molar-refractivity contribution in [2.24, 2.45) is 5.92 Å². The Balaban J connectivity index is 2.39. The van der Waals surface area contributed by atoms with Gasteiger partial charge in [-0.3, -0.25) is 9.59 Å². The van der Waals surface area contributed by atoms with Crippen molar-refractivity contribution in [2.75, 3.05) is 18.8 Å². The van der Waals surface area contributed by atoms with Gasteiger partial charge in [-0.05, 0) is 18.1 Å². The number of nitrogen functional groups attached to an aromatic ring is 1. The molecule has 0 aliphatic heterocycles. The third-order valence-corrected chi connectivity index (χ3v) is 2.12. The maximum atomic E-state index is 11.6. The minimum Gasteiger partial charge on any atom is -0.384 e. The highest BCUT2D eigenvalue weighted by molar-refractivity contribution is 5.95. The Morgan fingerprint density at radius 1 is 1.33 bits per heavy atom. The maximum absolute atomic E-state index is 11.6. The highest BCUT2D eigenvalue weighted by atomic mass is 16.2. The fraction of sp³-hybridized carbons (Fsp3) is 0.417. The SMILES string of the molecule is CC(C)CNC(=O)CNC(=O)c1cccc(N)n1. The number of aromatic nitrogens is 1. The molecule has 4 N–H and O–H groups in total. The first-order valence-electron chi connectivity index (χ1n) is 5.76. The quantitative estimate of drug-likeness (QED) is 0.693. The molecule has 0 unspecified atom stereocenters. The normalized spacial score (nSPS) is 10.2. The number of nitrogens with zero attached hydrogens (tertiary/aromatic N) is 1. The van der Waals surface area contributed by atoms with Gasteiger partial charge in [0.25, 0.3) is 5.91 Å². The Morgan fingerprint density at radius 2 is 2.06 bits per heavy atom. The molecule has 2 amide bonds. The number of hydrogen-bond donors (Lipinski definition) is 3. The van der Waals surface area contributed by atoms with Crippen LogP contribution in [-0.2, 0) is 4.79 Å². The number of hydrogen-bond acceptors (Lipinski definition) is 4. The first-order chi connectivity index (χ1) is 8.49. The summed E-state index contributed by atoms with van der Waals surface area (Å²) in [4.78, 5) is 26.9. The Kier molecular flexibility index (Phi) is 5.10. The van der Waals surface area contributed by atoms with Crippen LogP contribution in [0.2, 0.25) is 0 Å². The molecule has 1 heterocycles. The lowest BCUT2D eigenvalue weighted by atomic mass is 10.2. The summed E-state index contributed by atoms with van der Waals surface area (Å²) in [5.74, 6) is 0.00935. The van der Waals surface area contributed by atoms with Gasteiger partial charge in [-0.15, -0.1) is 0 Å². The summed E-state index contributed by atoms with van der Waals surface area (Å²) in [7, 11) is 0. The van der Waals surface area contributed by atoms with E-state index in [0.717, 1.165) is 0 Å². The minimum atomic E-state index is -0.415. The van der Waals surface area contributed by atoms with Crippen LogP contribution in [0, 0.1) is 5.92 Å². The number of carbonyl (C=O) groups is 2. The van der Waals surface area contributed by atoms with Crippen molar-refractivity contribution in [2.45, 2.75) is 13.8 Å². The second-order valence-electron chi connectivity index (χ2n) is 4.33. The standard InChI is InChI=1S/C12H18N4O2/c1-8(2)6-14-11(17)7-15-12(18)9-4-3-5-10(13)16-9/h3-5,8H,6-7H2,1-2H3,(H2,13,16)(H,14,17)(H,15,18). The smallest absolute Gasteiger partial charge is 0.270 e. The van der Waals surface area contributed by atoms with Crippen LogP contribution in [0.3, 0.4) is 0 Å². The fourth-order valence-electron chi connectivity index (χ4n) is 1.21. The number of nitrogens with two attached hydrogens (primary N) is 1. The first-order valence-corrected chi connectivity index (χ1v) is 5.76. The van der Waals surface area contributed by atoms with Crippen LogP contribution in [0.25, 0.3) is 0 Å². The van der Waals surface area contributed by atoms with Crippen molar-refractivity contribution in [3.05, 3.63) is 23.9 Å². The van der Waals surface area contributed by atoms with Crippen LogP contribution in [0.15, 0.2) is 18.2 Å². The summed E-state index contributed by atoms with van der Waals surface area (Å²) in [6.07, 6.45) is 0. The van der Waals surface area contributed by atoms with E-state index in [1.54, 1.807) is 12.1 Å².